The summed E-state index contributed by atoms with van der Waals surface area (Å²) in [5.41, 5.74) is -0.434. The molecule has 0 aromatic heterocycles. The van der Waals surface area contributed by atoms with Crippen LogP contribution in [-0.4, -0.2) is 56.5 Å². The molecule has 92 valence electrons. The molecule has 1 spiro atoms. The van der Waals surface area contributed by atoms with Gasteiger partial charge in [-0.15, -0.1) is 0 Å². The van der Waals surface area contributed by atoms with Crippen LogP contribution in [0.5, 0.6) is 0 Å². The second-order valence-electron chi connectivity index (χ2n) is 4.96. The Balaban J connectivity index is 2.22. The fourth-order valence-corrected chi connectivity index (χ4v) is 3.69. The molecule has 0 bridgehead atoms. The number of sulfonamides is 1. The van der Waals surface area contributed by atoms with Gasteiger partial charge in [0.1, 0.15) is 0 Å². The van der Waals surface area contributed by atoms with Crippen LogP contribution >= 0.6 is 0 Å². The van der Waals surface area contributed by atoms with Crippen LogP contribution in [0.3, 0.4) is 0 Å². The molecule has 1 atom stereocenters. The van der Waals surface area contributed by atoms with E-state index in [0.29, 0.717) is 13.1 Å². The van der Waals surface area contributed by atoms with Crippen molar-refractivity contribution in [1.29, 1.82) is 0 Å². The molecule has 2 fully saturated rings. The summed E-state index contributed by atoms with van der Waals surface area (Å²) in [7, 11) is -1.38. The third-order valence-electron chi connectivity index (χ3n) is 3.74. The molecule has 1 amide bonds. The zero-order chi connectivity index (χ0) is 12.0. The Hall–Kier alpha value is -0.620. The Labute approximate surface area is 96.5 Å². The van der Waals surface area contributed by atoms with Crippen LogP contribution in [0.25, 0.3) is 0 Å². The van der Waals surface area contributed by atoms with Crippen LogP contribution < -0.4 is 0 Å². The maximum Gasteiger partial charge on any atom is 0.229 e. The lowest BCUT2D eigenvalue weighted by atomic mass is 9.79. The summed E-state index contributed by atoms with van der Waals surface area (Å²) >= 11 is 0. The maximum atomic E-state index is 12.1. The fraction of sp³-hybridized carbons (Fsp3) is 0.900. The standard InChI is InChI=1S/C10H18N2O3S/c1-11-7-5-10(9(11)13)4-3-6-12(8-10)16(2,14)15/h3-8H2,1-2H3. The highest BCUT2D eigenvalue weighted by molar-refractivity contribution is 7.88. The molecule has 2 aliphatic heterocycles. The predicted octanol–water partition coefficient (Wildman–Crippen LogP) is -0.110. The number of carbonyl (C=O) groups is 1. The molecule has 2 heterocycles. The largest absolute Gasteiger partial charge is 0.345 e. The minimum absolute atomic E-state index is 0.112. The molecule has 0 radical (unpaired) electrons. The van der Waals surface area contributed by atoms with Crippen LogP contribution in [0.2, 0.25) is 0 Å². The summed E-state index contributed by atoms with van der Waals surface area (Å²) in [5.74, 6) is 0.112. The molecule has 0 N–H and O–H groups in total. The molecule has 2 aliphatic rings. The van der Waals surface area contributed by atoms with Gasteiger partial charge in [-0.05, 0) is 19.3 Å². The van der Waals surface area contributed by atoms with Gasteiger partial charge in [0.05, 0.1) is 11.7 Å². The first-order chi connectivity index (χ1) is 7.35. The summed E-state index contributed by atoms with van der Waals surface area (Å²) in [6.07, 6.45) is 3.61. The molecular formula is C10H18N2O3S. The van der Waals surface area contributed by atoms with E-state index < -0.39 is 15.4 Å². The molecular weight excluding hydrogens is 228 g/mol. The van der Waals surface area contributed by atoms with Gasteiger partial charge < -0.3 is 4.90 Å². The average Bonchev–Trinajstić information content (AvgIpc) is 2.47. The number of piperidine rings is 1. The van der Waals surface area contributed by atoms with Crippen molar-refractivity contribution in [3.63, 3.8) is 0 Å². The lowest BCUT2D eigenvalue weighted by Crippen LogP contribution is -2.49. The zero-order valence-electron chi connectivity index (χ0n) is 9.77. The van der Waals surface area contributed by atoms with Gasteiger partial charge in [-0.2, -0.15) is 0 Å². The Kier molecular flexibility index (Phi) is 2.74. The average molecular weight is 246 g/mol. The zero-order valence-corrected chi connectivity index (χ0v) is 10.6. The van der Waals surface area contributed by atoms with Gasteiger partial charge in [0.15, 0.2) is 0 Å². The Morgan fingerprint density at radius 2 is 1.94 bits per heavy atom. The van der Waals surface area contributed by atoms with E-state index in [4.69, 9.17) is 0 Å². The van der Waals surface area contributed by atoms with Gasteiger partial charge in [-0.1, -0.05) is 0 Å². The lowest BCUT2D eigenvalue weighted by Gasteiger charge is -2.37. The van der Waals surface area contributed by atoms with Crippen molar-refractivity contribution in [3.05, 3.63) is 0 Å². The van der Waals surface area contributed by atoms with Gasteiger partial charge in [0.25, 0.3) is 0 Å². The predicted molar refractivity (Wildman–Crippen MR) is 60.3 cm³/mol. The maximum absolute atomic E-state index is 12.1. The van der Waals surface area contributed by atoms with E-state index >= 15 is 0 Å². The highest BCUT2D eigenvalue weighted by Crippen LogP contribution is 2.40. The smallest absolute Gasteiger partial charge is 0.229 e. The van der Waals surface area contributed by atoms with E-state index in [2.05, 4.69) is 0 Å². The van der Waals surface area contributed by atoms with Crippen LogP contribution in [0.15, 0.2) is 0 Å². The first kappa shape index (κ1) is 11.9. The van der Waals surface area contributed by atoms with Crippen molar-refractivity contribution in [2.45, 2.75) is 19.3 Å². The number of amides is 1. The Morgan fingerprint density at radius 3 is 2.44 bits per heavy atom. The molecule has 0 saturated carbocycles. The summed E-state index contributed by atoms with van der Waals surface area (Å²) in [5, 5.41) is 0. The van der Waals surface area contributed by atoms with E-state index in [1.807, 2.05) is 0 Å². The summed E-state index contributed by atoms with van der Waals surface area (Å²) in [6.45, 7) is 1.67. The van der Waals surface area contributed by atoms with Gasteiger partial charge in [-0.3, -0.25) is 4.79 Å². The number of hydrogen-bond donors (Lipinski definition) is 0. The van der Waals surface area contributed by atoms with Crippen molar-refractivity contribution < 1.29 is 13.2 Å². The second-order valence-corrected chi connectivity index (χ2v) is 6.94. The van der Waals surface area contributed by atoms with Crippen molar-refractivity contribution in [2.75, 3.05) is 32.9 Å². The van der Waals surface area contributed by atoms with Gasteiger partial charge in [0.2, 0.25) is 15.9 Å². The molecule has 2 rings (SSSR count). The number of likely N-dealkylation sites (tertiary alicyclic amines) is 1. The lowest BCUT2D eigenvalue weighted by molar-refractivity contribution is -0.136. The number of rotatable bonds is 1. The topological polar surface area (TPSA) is 57.7 Å². The normalized spacial score (nSPS) is 32.6. The van der Waals surface area contributed by atoms with E-state index in [1.54, 1.807) is 11.9 Å². The summed E-state index contributed by atoms with van der Waals surface area (Å²) in [4.78, 5) is 13.8. The van der Waals surface area contributed by atoms with Crippen LogP contribution in [0, 0.1) is 5.41 Å². The molecule has 5 nitrogen and oxygen atoms in total. The molecule has 2 saturated heterocycles. The Morgan fingerprint density at radius 1 is 1.25 bits per heavy atom. The third-order valence-corrected chi connectivity index (χ3v) is 4.99. The van der Waals surface area contributed by atoms with E-state index in [1.165, 1.54) is 10.6 Å². The highest BCUT2D eigenvalue weighted by Gasteiger charge is 2.49. The van der Waals surface area contributed by atoms with Crippen LogP contribution in [0.4, 0.5) is 0 Å². The number of carbonyl (C=O) groups excluding carboxylic acids is 1. The SMILES string of the molecule is CN1CCC2(CCCN(S(C)(=O)=O)C2)C1=O. The van der Waals surface area contributed by atoms with E-state index in [0.717, 1.165) is 25.8 Å². The monoisotopic (exact) mass is 246 g/mol. The molecule has 16 heavy (non-hydrogen) atoms. The molecule has 0 aromatic rings. The quantitative estimate of drug-likeness (QED) is 0.648. The minimum atomic E-state index is -3.17. The fourth-order valence-electron chi connectivity index (χ4n) is 2.75. The third kappa shape index (κ3) is 1.84. The molecule has 0 aromatic carbocycles. The van der Waals surface area contributed by atoms with Crippen LogP contribution in [-0.2, 0) is 14.8 Å². The number of hydrogen-bond acceptors (Lipinski definition) is 3. The first-order valence-electron chi connectivity index (χ1n) is 5.56. The second kappa shape index (κ2) is 3.70. The Bertz CT molecular complexity index is 402. The minimum Gasteiger partial charge on any atom is -0.345 e. The van der Waals surface area contributed by atoms with Crippen molar-refractivity contribution >= 4 is 15.9 Å². The van der Waals surface area contributed by atoms with Gasteiger partial charge in [0, 0.05) is 26.7 Å². The van der Waals surface area contributed by atoms with Gasteiger partial charge >= 0.3 is 0 Å². The molecule has 1 unspecified atom stereocenters. The highest BCUT2D eigenvalue weighted by atomic mass is 32.2. The van der Waals surface area contributed by atoms with Crippen molar-refractivity contribution in [2.24, 2.45) is 5.41 Å². The van der Waals surface area contributed by atoms with Crippen molar-refractivity contribution in [1.82, 2.24) is 9.21 Å². The van der Waals surface area contributed by atoms with Crippen molar-refractivity contribution in [3.8, 4) is 0 Å². The van der Waals surface area contributed by atoms with Crippen LogP contribution in [0.1, 0.15) is 19.3 Å². The first-order valence-corrected chi connectivity index (χ1v) is 7.41. The molecule has 0 aliphatic carbocycles. The summed E-state index contributed by atoms with van der Waals surface area (Å²) in [6, 6.07) is 0. The molecule has 6 heteroatoms. The number of nitrogens with zero attached hydrogens (tertiary/aromatic N) is 2. The van der Waals surface area contributed by atoms with E-state index in [9.17, 15) is 13.2 Å². The van der Waals surface area contributed by atoms with Gasteiger partial charge in [-0.25, -0.2) is 12.7 Å². The summed E-state index contributed by atoms with van der Waals surface area (Å²) < 4.78 is 24.5. The van der Waals surface area contributed by atoms with E-state index in [-0.39, 0.29) is 5.91 Å².